The van der Waals surface area contributed by atoms with Crippen molar-refractivity contribution >= 4 is 17.7 Å². The summed E-state index contributed by atoms with van der Waals surface area (Å²) in [6, 6.07) is 7.63. The molecule has 124 valence electrons. The van der Waals surface area contributed by atoms with Crippen LogP contribution in [0.25, 0.3) is 11.4 Å². The molecule has 0 amide bonds. The average molecular weight is 335 g/mol. The molecule has 0 unspecified atom stereocenters. The molecule has 0 N–H and O–H groups in total. The summed E-state index contributed by atoms with van der Waals surface area (Å²) in [5.74, 6) is 1.43. The number of esters is 1. The molecule has 0 saturated carbocycles. The van der Waals surface area contributed by atoms with Gasteiger partial charge in [0.25, 0.3) is 0 Å². The van der Waals surface area contributed by atoms with Crippen LogP contribution in [0.1, 0.15) is 19.8 Å². The highest BCUT2D eigenvalue weighted by Crippen LogP contribution is 2.29. The minimum absolute atomic E-state index is 0.224. The molecule has 0 fully saturated rings. The van der Waals surface area contributed by atoms with Crippen LogP contribution >= 0.6 is 11.8 Å². The van der Waals surface area contributed by atoms with Crippen molar-refractivity contribution in [2.75, 3.05) is 19.5 Å². The van der Waals surface area contributed by atoms with Gasteiger partial charge in [0.2, 0.25) is 0 Å². The Kier molecular flexibility index (Phi) is 6.46. The van der Waals surface area contributed by atoms with E-state index < -0.39 is 0 Å². The zero-order valence-corrected chi connectivity index (χ0v) is 14.4. The SMILES string of the molecule is CCCCOC(=O)CSc1nnc(-c2ccccc2OC)n1C. The molecule has 0 radical (unpaired) electrons. The van der Waals surface area contributed by atoms with Crippen molar-refractivity contribution in [1.82, 2.24) is 14.8 Å². The van der Waals surface area contributed by atoms with Crippen LogP contribution in [0.5, 0.6) is 5.75 Å². The van der Waals surface area contributed by atoms with E-state index in [0.29, 0.717) is 17.6 Å². The Morgan fingerprint density at radius 2 is 2.09 bits per heavy atom. The standard InChI is InChI=1S/C16H21N3O3S/c1-4-5-10-22-14(20)11-23-16-18-17-15(19(16)2)12-8-6-7-9-13(12)21-3/h6-9H,4-5,10-11H2,1-3H3. The Morgan fingerprint density at radius 1 is 1.30 bits per heavy atom. The van der Waals surface area contributed by atoms with Crippen molar-refractivity contribution in [2.24, 2.45) is 7.05 Å². The summed E-state index contributed by atoms with van der Waals surface area (Å²) < 4.78 is 12.3. The smallest absolute Gasteiger partial charge is 0.316 e. The van der Waals surface area contributed by atoms with Gasteiger partial charge in [-0.25, -0.2) is 0 Å². The predicted octanol–water partition coefficient (Wildman–Crippen LogP) is 2.93. The normalized spacial score (nSPS) is 10.6. The van der Waals surface area contributed by atoms with Crippen LogP contribution < -0.4 is 4.74 Å². The molecule has 1 heterocycles. The molecule has 23 heavy (non-hydrogen) atoms. The quantitative estimate of drug-likeness (QED) is 0.420. The van der Waals surface area contributed by atoms with E-state index in [2.05, 4.69) is 17.1 Å². The molecular weight excluding hydrogens is 314 g/mol. The van der Waals surface area contributed by atoms with Crippen LogP contribution in [0.4, 0.5) is 0 Å². The fraction of sp³-hybridized carbons (Fsp3) is 0.438. The number of nitrogens with zero attached hydrogens (tertiary/aromatic N) is 3. The highest BCUT2D eigenvalue weighted by molar-refractivity contribution is 7.99. The molecular formula is C16H21N3O3S. The van der Waals surface area contributed by atoms with Crippen LogP contribution in [0.2, 0.25) is 0 Å². The lowest BCUT2D eigenvalue weighted by molar-refractivity contribution is -0.140. The van der Waals surface area contributed by atoms with Gasteiger partial charge in [0.05, 0.1) is 25.0 Å². The highest BCUT2D eigenvalue weighted by Gasteiger charge is 2.16. The topological polar surface area (TPSA) is 66.2 Å². The molecule has 0 spiro atoms. The Bertz CT molecular complexity index is 658. The minimum atomic E-state index is -0.231. The molecule has 7 heteroatoms. The fourth-order valence-electron chi connectivity index (χ4n) is 2.00. The van der Waals surface area contributed by atoms with Crippen LogP contribution in [0.15, 0.2) is 29.4 Å². The predicted molar refractivity (Wildman–Crippen MR) is 89.6 cm³/mol. The first-order chi connectivity index (χ1) is 11.2. The van der Waals surface area contributed by atoms with Crippen LogP contribution in [-0.2, 0) is 16.6 Å². The number of ether oxygens (including phenoxy) is 2. The Hall–Kier alpha value is -2.02. The monoisotopic (exact) mass is 335 g/mol. The molecule has 0 saturated heterocycles. The van der Waals surface area contributed by atoms with Gasteiger partial charge in [0.15, 0.2) is 11.0 Å². The molecule has 0 aliphatic rings. The first kappa shape index (κ1) is 17.3. The maximum Gasteiger partial charge on any atom is 0.316 e. The summed E-state index contributed by atoms with van der Waals surface area (Å²) in [5, 5.41) is 9.02. The molecule has 0 aliphatic carbocycles. The van der Waals surface area contributed by atoms with Crippen molar-refractivity contribution in [2.45, 2.75) is 24.9 Å². The van der Waals surface area contributed by atoms with Crippen molar-refractivity contribution in [1.29, 1.82) is 0 Å². The number of aromatic nitrogens is 3. The van der Waals surface area contributed by atoms with Crippen molar-refractivity contribution in [3.8, 4) is 17.1 Å². The number of rotatable bonds is 8. The van der Waals surface area contributed by atoms with E-state index in [4.69, 9.17) is 9.47 Å². The minimum Gasteiger partial charge on any atom is -0.496 e. The Labute approximate surface area is 140 Å². The fourth-order valence-corrected chi connectivity index (χ4v) is 2.71. The Balaban J connectivity index is 2.03. The number of hydrogen-bond donors (Lipinski definition) is 0. The van der Waals surface area contributed by atoms with E-state index in [1.165, 1.54) is 11.8 Å². The molecule has 0 bridgehead atoms. The van der Waals surface area contributed by atoms with E-state index >= 15 is 0 Å². The zero-order valence-electron chi connectivity index (χ0n) is 13.6. The lowest BCUT2D eigenvalue weighted by Gasteiger charge is -2.08. The van der Waals surface area contributed by atoms with Gasteiger partial charge in [0.1, 0.15) is 5.75 Å². The summed E-state index contributed by atoms with van der Waals surface area (Å²) in [5.41, 5.74) is 0.863. The lowest BCUT2D eigenvalue weighted by Crippen LogP contribution is -2.09. The number of methoxy groups -OCH3 is 1. The number of carbonyl (C=O) groups is 1. The van der Waals surface area contributed by atoms with Gasteiger partial charge in [0, 0.05) is 7.05 Å². The second kappa shape index (κ2) is 8.57. The number of hydrogen-bond acceptors (Lipinski definition) is 6. The van der Waals surface area contributed by atoms with Crippen molar-refractivity contribution < 1.29 is 14.3 Å². The highest BCUT2D eigenvalue weighted by atomic mass is 32.2. The molecule has 1 aromatic carbocycles. The second-order valence-electron chi connectivity index (χ2n) is 4.93. The van der Waals surface area contributed by atoms with E-state index in [1.807, 2.05) is 35.9 Å². The number of benzene rings is 1. The van der Waals surface area contributed by atoms with Gasteiger partial charge >= 0.3 is 5.97 Å². The van der Waals surface area contributed by atoms with Gasteiger partial charge in [-0.15, -0.1) is 10.2 Å². The van der Waals surface area contributed by atoms with Gasteiger partial charge < -0.3 is 14.0 Å². The Morgan fingerprint density at radius 3 is 2.83 bits per heavy atom. The van der Waals surface area contributed by atoms with E-state index in [9.17, 15) is 4.79 Å². The third kappa shape index (κ3) is 4.48. The number of carbonyl (C=O) groups excluding carboxylic acids is 1. The van der Waals surface area contributed by atoms with Gasteiger partial charge in [-0.3, -0.25) is 4.79 Å². The van der Waals surface area contributed by atoms with Gasteiger partial charge in [-0.2, -0.15) is 0 Å². The maximum atomic E-state index is 11.7. The number of para-hydroxylation sites is 1. The van der Waals surface area contributed by atoms with Crippen LogP contribution in [0, 0.1) is 0 Å². The van der Waals surface area contributed by atoms with Crippen molar-refractivity contribution in [3.63, 3.8) is 0 Å². The van der Waals surface area contributed by atoms with Crippen molar-refractivity contribution in [3.05, 3.63) is 24.3 Å². The van der Waals surface area contributed by atoms with E-state index in [1.54, 1.807) is 7.11 Å². The summed E-state index contributed by atoms with van der Waals surface area (Å²) in [7, 11) is 3.49. The number of thioether (sulfide) groups is 1. The van der Waals surface area contributed by atoms with Crippen LogP contribution in [-0.4, -0.2) is 40.2 Å². The summed E-state index contributed by atoms with van der Waals surface area (Å²) >= 11 is 1.32. The summed E-state index contributed by atoms with van der Waals surface area (Å²) in [6.45, 7) is 2.53. The molecule has 1 aromatic heterocycles. The molecule has 0 aliphatic heterocycles. The third-order valence-electron chi connectivity index (χ3n) is 3.26. The first-order valence-electron chi connectivity index (χ1n) is 7.48. The lowest BCUT2D eigenvalue weighted by atomic mass is 10.2. The second-order valence-corrected chi connectivity index (χ2v) is 5.87. The third-order valence-corrected chi connectivity index (χ3v) is 4.26. The van der Waals surface area contributed by atoms with E-state index in [-0.39, 0.29) is 11.7 Å². The first-order valence-corrected chi connectivity index (χ1v) is 8.47. The maximum absolute atomic E-state index is 11.7. The molecule has 2 aromatic rings. The zero-order chi connectivity index (χ0) is 16.7. The van der Waals surface area contributed by atoms with Crippen LogP contribution in [0.3, 0.4) is 0 Å². The summed E-state index contributed by atoms with van der Waals surface area (Å²) in [4.78, 5) is 11.7. The largest absolute Gasteiger partial charge is 0.496 e. The summed E-state index contributed by atoms with van der Waals surface area (Å²) in [6.07, 6.45) is 1.89. The average Bonchev–Trinajstić information content (AvgIpc) is 2.94. The molecule has 0 atom stereocenters. The van der Waals surface area contributed by atoms with Gasteiger partial charge in [-0.1, -0.05) is 37.2 Å². The number of unbranched alkanes of at least 4 members (excludes halogenated alkanes) is 1. The van der Waals surface area contributed by atoms with E-state index in [0.717, 1.165) is 24.2 Å². The molecule has 2 rings (SSSR count). The molecule has 6 nitrogen and oxygen atoms in total. The van der Waals surface area contributed by atoms with Gasteiger partial charge in [-0.05, 0) is 18.6 Å².